The van der Waals surface area contributed by atoms with Crippen molar-refractivity contribution in [2.24, 2.45) is 0 Å². The summed E-state index contributed by atoms with van der Waals surface area (Å²) in [6.45, 7) is 2.04. The highest BCUT2D eigenvalue weighted by atomic mass is 79.9. The first-order valence-electron chi connectivity index (χ1n) is 7.04. The number of hydrogen-bond donors (Lipinski definition) is 1. The van der Waals surface area contributed by atoms with E-state index in [0.717, 1.165) is 33.9 Å². The summed E-state index contributed by atoms with van der Waals surface area (Å²) in [5, 5.41) is 3.15. The molecule has 3 rings (SSSR count). The van der Waals surface area contributed by atoms with E-state index in [2.05, 4.69) is 33.2 Å². The van der Waals surface area contributed by atoms with E-state index in [1.807, 2.05) is 14.0 Å². The van der Waals surface area contributed by atoms with Crippen molar-refractivity contribution in [3.8, 4) is 0 Å². The Balaban J connectivity index is 1.89. The Labute approximate surface area is 123 Å². The molecule has 2 aliphatic heterocycles. The van der Waals surface area contributed by atoms with Gasteiger partial charge in [0.25, 0.3) is 0 Å². The third-order valence-corrected chi connectivity index (χ3v) is 5.68. The molecule has 2 saturated heterocycles. The van der Waals surface area contributed by atoms with Gasteiger partial charge in [0.2, 0.25) is 0 Å². The van der Waals surface area contributed by atoms with Crippen LogP contribution in [0.15, 0.2) is 4.47 Å². The molecule has 4 nitrogen and oxygen atoms in total. The standard InChI is InChI=1S/C14H21BrN4/c1-8-12(15)14(16-2)18-13(17-8)9-6-10-4-5-11(7-9)19(10)3/h9-11H,4-7H2,1-3H3,(H,16,17,18). The Morgan fingerprint density at radius 3 is 2.42 bits per heavy atom. The third-order valence-electron chi connectivity index (χ3n) is 4.73. The van der Waals surface area contributed by atoms with E-state index in [1.165, 1.54) is 25.7 Å². The molecule has 1 N–H and O–H groups in total. The zero-order valence-corrected chi connectivity index (χ0v) is 13.4. The monoisotopic (exact) mass is 324 g/mol. The van der Waals surface area contributed by atoms with Crippen LogP contribution >= 0.6 is 15.9 Å². The number of fused-ring (bicyclic) bond motifs is 2. The molecule has 2 fully saturated rings. The minimum absolute atomic E-state index is 0.521. The molecule has 0 aromatic carbocycles. The van der Waals surface area contributed by atoms with Crippen LogP contribution in [0.3, 0.4) is 0 Å². The molecule has 2 atom stereocenters. The highest BCUT2D eigenvalue weighted by Crippen LogP contribution is 2.41. The van der Waals surface area contributed by atoms with Gasteiger partial charge in [-0.3, -0.25) is 0 Å². The second-order valence-electron chi connectivity index (χ2n) is 5.80. The van der Waals surface area contributed by atoms with E-state index in [4.69, 9.17) is 9.97 Å². The highest BCUT2D eigenvalue weighted by molar-refractivity contribution is 9.10. The summed E-state index contributed by atoms with van der Waals surface area (Å²) in [5.41, 5.74) is 1.03. The third kappa shape index (κ3) is 2.27. The molecule has 1 aromatic heterocycles. The number of nitrogens with zero attached hydrogens (tertiary/aromatic N) is 3. The van der Waals surface area contributed by atoms with Crippen LogP contribution in [0.2, 0.25) is 0 Å². The summed E-state index contributed by atoms with van der Waals surface area (Å²) in [4.78, 5) is 12.0. The molecule has 0 saturated carbocycles. The summed E-state index contributed by atoms with van der Waals surface area (Å²) in [5.74, 6) is 2.46. The van der Waals surface area contributed by atoms with Crippen molar-refractivity contribution < 1.29 is 0 Å². The second kappa shape index (κ2) is 5.02. The lowest BCUT2D eigenvalue weighted by molar-refractivity contribution is 0.159. The summed E-state index contributed by atoms with van der Waals surface area (Å²) in [7, 11) is 4.18. The fourth-order valence-corrected chi connectivity index (χ4v) is 3.93. The van der Waals surface area contributed by atoms with Crippen LogP contribution < -0.4 is 5.32 Å². The number of halogens is 1. The van der Waals surface area contributed by atoms with Crippen molar-refractivity contribution in [1.29, 1.82) is 0 Å². The quantitative estimate of drug-likeness (QED) is 0.908. The van der Waals surface area contributed by atoms with E-state index in [-0.39, 0.29) is 0 Å². The SMILES string of the molecule is CNc1nc(C2CC3CCC(C2)N3C)nc(C)c1Br. The summed E-state index contributed by atoms with van der Waals surface area (Å²) < 4.78 is 0.981. The molecule has 19 heavy (non-hydrogen) atoms. The zero-order valence-electron chi connectivity index (χ0n) is 11.8. The lowest BCUT2D eigenvalue weighted by atomic mass is 9.90. The highest BCUT2D eigenvalue weighted by Gasteiger charge is 2.40. The van der Waals surface area contributed by atoms with E-state index < -0.39 is 0 Å². The largest absolute Gasteiger partial charge is 0.372 e. The zero-order chi connectivity index (χ0) is 13.6. The van der Waals surface area contributed by atoms with E-state index in [0.29, 0.717) is 5.92 Å². The predicted octanol–water partition coefficient (Wildman–Crippen LogP) is 2.93. The lowest BCUT2D eigenvalue weighted by Crippen LogP contribution is -2.39. The number of aryl methyl sites for hydroxylation is 1. The van der Waals surface area contributed by atoms with Gasteiger partial charge in [0.05, 0.1) is 10.2 Å². The normalized spacial score (nSPS) is 30.6. The van der Waals surface area contributed by atoms with Crippen molar-refractivity contribution >= 4 is 21.7 Å². The van der Waals surface area contributed by atoms with Gasteiger partial charge in [0.1, 0.15) is 11.6 Å². The Morgan fingerprint density at radius 1 is 1.21 bits per heavy atom. The minimum Gasteiger partial charge on any atom is -0.372 e. The molecule has 2 unspecified atom stereocenters. The maximum atomic E-state index is 4.71. The van der Waals surface area contributed by atoms with Gasteiger partial charge in [-0.05, 0) is 55.6 Å². The molecular weight excluding hydrogens is 304 g/mol. The molecule has 3 heterocycles. The maximum Gasteiger partial charge on any atom is 0.144 e. The van der Waals surface area contributed by atoms with E-state index >= 15 is 0 Å². The first-order valence-corrected chi connectivity index (χ1v) is 7.83. The number of anilines is 1. The molecule has 2 bridgehead atoms. The topological polar surface area (TPSA) is 41.1 Å². The average molecular weight is 325 g/mol. The van der Waals surface area contributed by atoms with Gasteiger partial charge >= 0.3 is 0 Å². The molecular formula is C14H21BrN4. The molecule has 104 valence electrons. The molecule has 0 amide bonds. The van der Waals surface area contributed by atoms with Crippen LogP contribution in [0.5, 0.6) is 0 Å². The van der Waals surface area contributed by atoms with Crippen molar-refractivity contribution in [3.63, 3.8) is 0 Å². The smallest absolute Gasteiger partial charge is 0.144 e. The second-order valence-corrected chi connectivity index (χ2v) is 6.59. The van der Waals surface area contributed by atoms with Crippen molar-refractivity contribution in [2.75, 3.05) is 19.4 Å². The summed E-state index contributed by atoms with van der Waals surface area (Å²) >= 11 is 3.55. The van der Waals surface area contributed by atoms with Crippen LogP contribution in [-0.2, 0) is 0 Å². The van der Waals surface area contributed by atoms with Crippen molar-refractivity contribution in [2.45, 2.75) is 50.6 Å². The Bertz CT molecular complexity index is 477. The summed E-state index contributed by atoms with van der Waals surface area (Å²) in [6.07, 6.45) is 5.09. The number of hydrogen-bond acceptors (Lipinski definition) is 4. The average Bonchev–Trinajstić information content (AvgIpc) is 2.64. The Morgan fingerprint density at radius 2 is 1.84 bits per heavy atom. The molecule has 0 spiro atoms. The molecule has 2 aliphatic rings. The van der Waals surface area contributed by atoms with Crippen LogP contribution in [0.4, 0.5) is 5.82 Å². The van der Waals surface area contributed by atoms with Gasteiger partial charge in [0, 0.05) is 25.0 Å². The van der Waals surface area contributed by atoms with Crippen LogP contribution in [0.1, 0.15) is 43.1 Å². The fraction of sp³-hybridized carbons (Fsp3) is 0.714. The predicted molar refractivity (Wildman–Crippen MR) is 80.6 cm³/mol. The van der Waals surface area contributed by atoms with E-state index in [9.17, 15) is 0 Å². The fourth-order valence-electron chi connectivity index (χ4n) is 3.55. The molecule has 5 heteroatoms. The van der Waals surface area contributed by atoms with Crippen LogP contribution in [0.25, 0.3) is 0 Å². The van der Waals surface area contributed by atoms with Crippen LogP contribution in [0, 0.1) is 6.92 Å². The van der Waals surface area contributed by atoms with Gasteiger partial charge in [-0.25, -0.2) is 9.97 Å². The Kier molecular flexibility index (Phi) is 3.52. The number of piperidine rings is 1. The first kappa shape index (κ1) is 13.3. The van der Waals surface area contributed by atoms with Gasteiger partial charge in [-0.15, -0.1) is 0 Å². The van der Waals surface area contributed by atoms with E-state index in [1.54, 1.807) is 0 Å². The van der Waals surface area contributed by atoms with Crippen molar-refractivity contribution in [3.05, 3.63) is 16.0 Å². The first-order chi connectivity index (χ1) is 9.10. The Hall–Kier alpha value is -0.680. The van der Waals surface area contributed by atoms with Crippen molar-refractivity contribution in [1.82, 2.24) is 14.9 Å². The molecule has 0 aliphatic carbocycles. The van der Waals surface area contributed by atoms with Crippen LogP contribution in [-0.4, -0.2) is 41.0 Å². The van der Waals surface area contributed by atoms with Gasteiger partial charge < -0.3 is 10.2 Å². The van der Waals surface area contributed by atoms with Gasteiger partial charge in [-0.2, -0.15) is 0 Å². The molecule has 1 aromatic rings. The van der Waals surface area contributed by atoms with Gasteiger partial charge in [-0.1, -0.05) is 0 Å². The molecule has 0 radical (unpaired) electrons. The number of nitrogens with one attached hydrogen (secondary N) is 1. The lowest BCUT2D eigenvalue weighted by Gasteiger charge is -2.35. The van der Waals surface area contributed by atoms with Gasteiger partial charge in [0.15, 0.2) is 0 Å². The number of aromatic nitrogens is 2. The maximum absolute atomic E-state index is 4.71. The summed E-state index contributed by atoms with van der Waals surface area (Å²) in [6, 6.07) is 1.46. The number of rotatable bonds is 2. The minimum atomic E-state index is 0.521.